The molecule has 136 valence electrons. The summed E-state index contributed by atoms with van der Waals surface area (Å²) in [7, 11) is -3.30. The lowest BCUT2D eigenvalue weighted by Crippen LogP contribution is -2.03. The van der Waals surface area contributed by atoms with Crippen molar-refractivity contribution >= 4 is 33.2 Å². The van der Waals surface area contributed by atoms with Crippen molar-refractivity contribution in [3.05, 3.63) is 47.3 Å². The van der Waals surface area contributed by atoms with Gasteiger partial charge in [-0.3, -0.25) is 0 Å². The normalized spacial score (nSPS) is 11.4. The fourth-order valence-corrected chi connectivity index (χ4v) is 2.87. The highest BCUT2D eigenvalue weighted by atomic mass is 32.2. The molecule has 0 spiro atoms. The van der Waals surface area contributed by atoms with Gasteiger partial charge in [0, 0.05) is 23.7 Å². The van der Waals surface area contributed by atoms with E-state index >= 15 is 0 Å². The second-order valence-electron chi connectivity index (χ2n) is 5.99. The molecule has 0 aliphatic carbocycles. The summed E-state index contributed by atoms with van der Waals surface area (Å²) in [4.78, 5) is 8.78. The van der Waals surface area contributed by atoms with Crippen LogP contribution in [0.2, 0.25) is 0 Å². The van der Waals surface area contributed by atoms with Crippen LogP contribution in [0.15, 0.2) is 39.9 Å². The number of hydrogen-bond acceptors (Lipinski definition) is 8. The Balaban J connectivity index is 1.86. The van der Waals surface area contributed by atoms with Gasteiger partial charge in [0.05, 0.1) is 10.6 Å². The third kappa shape index (κ3) is 3.83. The summed E-state index contributed by atoms with van der Waals surface area (Å²) in [5.41, 5.74) is 3.20. The summed E-state index contributed by atoms with van der Waals surface area (Å²) in [6, 6.07) is 6.57. The second kappa shape index (κ2) is 6.75. The van der Waals surface area contributed by atoms with Crippen LogP contribution in [0, 0.1) is 20.8 Å². The van der Waals surface area contributed by atoms with Crippen LogP contribution < -0.4 is 10.6 Å². The molecule has 26 heavy (non-hydrogen) atoms. The van der Waals surface area contributed by atoms with Crippen LogP contribution in [0.3, 0.4) is 0 Å². The van der Waals surface area contributed by atoms with E-state index in [1.807, 2.05) is 20.8 Å². The Bertz CT molecular complexity index is 1060. The van der Waals surface area contributed by atoms with Crippen LogP contribution >= 0.6 is 0 Å². The lowest BCUT2D eigenvalue weighted by molar-refractivity contribution is 0.429. The minimum Gasteiger partial charge on any atom is -0.338 e. The van der Waals surface area contributed by atoms with Crippen LogP contribution in [0.4, 0.5) is 23.3 Å². The lowest BCUT2D eigenvalue weighted by Gasteiger charge is -2.11. The van der Waals surface area contributed by atoms with Crippen molar-refractivity contribution in [1.29, 1.82) is 0 Å². The molecule has 0 bridgehead atoms. The molecule has 2 heterocycles. The number of rotatable bonds is 5. The van der Waals surface area contributed by atoms with Gasteiger partial charge in [-0.05, 0) is 44.5 Å². The summed E-state index contributed by atoms with van der Waals surface area (Å²) in [5.74, 6) is 1.37. The summed E-state index contributed by atoms with van der Waals surface area (Å²) in [6.07, 6.45) is 2.76. The molecule has 0 amide bonds. The van der Waals surface area contributed by atoms with Crippen LogP contribution in [0.1, 0.15) is 16.8 Å². The summed E-state index contributed by atoms with van der Waals surface area (Å²) in [5, 5.41) is 10.0. The standard InChI is InChI=1S/C17H19N5O3S/c1-10-5-6-13(26(4,23)24)9-14(10)19-17-18-8-7-15(21-17)20-16-11(2)12(3)22-25-16/h5-9H,1-4H3,(H2,18,19,20,21). The monoisotopic (exact) mass is 373 g/mol. The van der Waals surface area contributed by atoms with Gasteiger partial charge in [0.2, 0.25) is 11.8 Å². The van der Waals surface area contributed by atoms with Crippen molar-refractivity contribution in [3.8, 4) is 0 Å². The number of aromatic nitrogens is 3. The summed E-state index contributed by atoms with van der Waals surface area (Å²) < 4.78 is 28.7. The Morgan fingerprint density at radius 2 is 1.85 bits per heavy atom. The van der Waals surface area contributed by atoms with Gasteiger partial charge in [-0.1, -0.05) is 11.2 Å². The number of benzene rings is 1. The average Bonchev–Trinajstić information content (AvgIpc) is 2.88. The molecule has 2 N–H and O–H groups in total. The van der Waals surface area contributed by atoms with Crippen molar-refractivity contribution < 1.29 is 12.9 Å². The first-order chi connectivity index (χ1) is 12.2. The van der Waals surface area contributed by atoms with Crippen molar-refractivity contribution in [2.45, 2.75) is 25.7 Å². The van der Waals surface area contributed by atoms with Gasteiger partial charge in [0.1, 0.15) is 5.82 Å². The molecule has 0 saturated heterocycles. The Morgan fingerprint density at radius 1 is 1.08 bits per heavy atom. The highest BCUT2D eigenvalue weighted by molar-refractivity contribution is 7.90. The highest BCUT2D eigenvalue weighted by Gasteiger charge is 2.12. The van der Waals surface area contributed by atoms with Crippen molar-refractivity contribution in [1.82, 2.24) is 15.1 Å². The van der Waals surface area contributed by atoms with E-state index in [1.54, 1.807) is 30.5 Å². The van der Waals surface area contributed by atoms with E-state index in [4.69, 9.17) is 4.52 Å². The first-order valence-electron chi connectivity index (χ1n) is 7.85. The Morgan fingerprint density at radius 3 is 2.50 bits per heavy atom. The predicted octanol–water partition coefficient (Wildman–Crippen LogP) is 3.28. The molecule has 0 fully saturated rings. The lowest BCUT2D eigenvalue weighted by atomic mass is 10.2. The first-order valence-corrected chi connectivity index (χ1v) is 9.74. The fraction of sp³-hybridized carbons (Fsp3) is 0.235. The quantitative estimate of drug-likeness (QED) is 0.701. The van der Waals surface area contributed by atoms with Gasteiger partial charge >= 0.3 is 0 Å². The summed E-state index contributed by atoms with van der Waals surface area (Å²) >= 11 is 0. The van der Waals surface area contributed by atoms with Crippen LogP contribution in [-0.2, 0) is 9.84 Å². The number of aryl methyl sites for hydroxylation is 2. The molecule has 0 aliphatic rings. The zero-order valence-corrected chi connectivity index (χ0v) is 15.7. The zero-order chi connectivity index (χ0) is 18.9. The maximum atomic E-state index is 11.8. The minimum absolute atomic E-state index is 0.229. The molecule has 2 aromatic heterocycles. The molecule has 1 aromatic carbocycles. The molecule has 9 heteroatoms. The third-order valence-corrected chi connectivity index (χ3v) is 5.05. The molecule has 0 unspecified atom stereocenters. The Kier molecular flexibility index (Phi) is 4.64. The average molecular weight is 373 g/mol. The number of sulfone groups is 1. The van der Waals surface area contributed by atoms with Crippen LogP contribution in [-0.4, -0.2) is 29.8 Å². The molecule has 0 aliphatic heterocycles. The maximum absolute atomic E-state index is 11.8. The zero-order valence-electron chi connectivity index (χ0n) is 14.9. The van der Waals surface area contributed by atoms with Gasteiger partial charge in [0.15, 0.2) is 9.84 Å². The third-order valence-electron chi connectivity index (χ3n) is 3.94. The van der Waals surface area contributed by atoms with Crippen LogP contribution in [0.5, 0.6) is 0 Å². The SMILES string of the molecule is Cc1ccc(S(C)(=O)=O)cc1Nc1nccc(Nc2onc(C)c2C)n1. The Hall–Kier alpha value is -2.94. The van der Waals surface area contributed by atoms with Gasteiger partial charge in [-0.15, -0.1) is 0 Å². The van der Waals surface area contributed by atoms with Gasteiger partial charge in [-0.25, -0.2) is 13.4 Å². The minimum atomic E-state index is -3.30. The largest absolute Gasteiger partial charge is 0.338 e. The fourth-order valence-electron chi connectivity index (χ4n) is 2.22. The summed E-state index contributed by atoms with van der Waals surface area (Å²) in [6.45, 7) is 5.63. The van der Waals surface area contributed by atoms with Crippen molar-refractivity contribution in [2.75, 3.05) is 16.9 Å². The molecular weight excluding hydrogens is 354 g/mol. The van der Waals surface area contributed by atoms with Gasteiger partial charge in [-0.2, -0.15) is 4.98 Å². The Labute approximate surface area is 151 Å². The maximum Gasteiger partial charge on any atom is 0.233 e. The van der Waals surface area contributed by atoms with E-state index in [2.05, 4.69) is 25.8 Å². The second-order valence-corrected chi connectivity index (χ2v) is 8.00. The number of anilines is 4. The molecule has 3 rings (SSSR count). The van der Waals surface area contributed by atoms with E-state index in [0.29, 0.717) is 23.3 Å². The number of nitrogens with one attached hydrogen (secondary N) is 2. The molecule has 8 nitrogen and oxygen atoms in total. The van der Waals surface area contributed by atoms with Crippen molar-refractivity contribution in [2.24, 2.45) is 0 Å². The van der Waals surface area contributed by atoms with E-state index in [0.717, 1.165) is 16.8 Å². The predicted molar refractivity (Wildman–Crippen MR) is 98.9 cm³/mol. The number of hydrogen-bond donors (Lipinski definition) is 2. The molecule has 3 aromatic rings. The van der Waals surface area contributed by atoms with Gasteiger partial charge < -0.3 is 15.2 Å². The molecule has 0 radical (unpaired) electrons. The van der Waals surface area contributed by atoms with Crippen molar-refractivity contribution in [3.63, 3.8) is 0 Å². The van der Waals surface area contributed by atoms with E-state index in [9.17, 15) is 8.42 Å². The van der Waals surface area contributed by atoms with E-state index in [1.165, 1.54) is 6.26 Å². The molecular formula is C17H19N5O3S. The van der Waals surface area contributed by atoms with E-state index in [-0.39, 0.29) is 4.90 Å². The van der Waals surface area contributed by atoms with E-state index < -0.39 is 9.84 Å². The van der Waals surface area contributed by atoms with Gasteiger partial charge in [0.25, 0.3) is 0 Å². The topological polar surface area (TPSA) is 110 Å². The van der Waals surface area contributed by atoms with Crippen LogP contribution in [0.25, 0.3) is 0 Å². The molecule has 0 atom stereocenters. The molecule has 0 saturated carbocycles. The highest BCUT2D eigenvalue weighted by Crippen LogP contribution is 2.25. The number of nitrogens with zero attached hydrogens (tertiary/aromatic N) is 3. The first kappa shape index (κ1) is 17.9. The smallest absolute Gasteiger partial charge is 0.233 e.